The van der Waals surface area contributed by atoms with Crippen molar-refractivity contribution in [2.24, 2.45) is 0 Å². The molecule has 0 aromatic heterocycles. The van der Waals surface area contributed by atoms with E-state index in [2.05, 4.69) is 0 Å². The lowest BCUT2D eigenvalue weighted by Gasteiger charge is -2.21. The van der Waals surface area contributed by atoms with E-state index < -0.39 is 12.5 Å². The van der Waals surface area contributed by atoms with Gasteiger partial charge in [-0.25, -0.2) is 4.39 Å². The van der Waals surface area contributed by atoms with E-state index in [9.17, 15) is 14.0 Å². The molecule has 1 N–H and O–H groups in total. The molecular weight excluding hydrogens is 337 g/mol. The van der Waals surface area contributed by atoms with Crippen LogP contribution in [-0.2, 0) is 16.1 Å². The van der Waals surface area contributed by atoms with Gasteiger partial charge in [0.05, 0.1) is 6.61 Å². The van der Waals surface area contributed by atoms with Crippen LogP contribution in [-0.4, -0.2) is 41.6 Å². The van der Waals surface area contributed by atoms with Gasteiger partial charge >= 0.3 is 5.97 Å². The molecule has 26 heavy (non-hydrogen) atoms. The first-order valence-electron chi connectivity index (χ1n) is 8.46. The Morgan fingerprint density at radius 1 is 1.19 bits per heavy atom. The molecular formula is C20H20FNO4. The Labute approximate surface area is 151 Å². The number of amides is 1. The van der Waals surface area contributed by atoms with Gasteiger partial charge in [0.2, 0.25) is 0 Å². The molecule has 1 amide bonds. The number of carboxylic acids is 1. The molecule has 0 radical (unpaired) electrons. The van der Waals surface area contributed by atoms with Crippen LogP contribution in [0, 0.1) is 5.82 Å². The summed E-state index contributed by atoms with van der Waals surface area (Å²) in [5.74, 6) is -1.58. The summed E-state index contributed by atoms with van der Waals surface area (Å²) < 4.78 is 18.5. The lowest BCUT2D eigenvalue weighted by Crippen LogP contribution is -2.35. The Morgan fingerprint density at radius 3 is 2.62 bits per heavy atom. The first-order valence-corrected chi connectivity index (χ1v) is 8.46. The molecule has 2 aromatic rings. The molecule has 1 heterocycles. The third-order valence-corrected chi connectivity index (χ3v) is 4.43. The molecule has 0 spiro atoms. The van der Waals surface area contributed by atoms with Crippen molar-refractivity contribution >= 4 is 11.9 Å². The van der Waals surface area contributed by atoms with E-state index in [0.717, 1.165) is 12.0 Å². The highest BCUT2D eigenvalue weighted by Crippen LogP contribution is 2.26. The topological polar surface area (TPSA) is 66.8 Å². The Kier molecular flexibility index (Phi) is 5.63. The number of aliphatic carboxylic acids is 1. The van der Waals surface area contributed by atoms with E-state index in [-0.39, 0.29) is 24.2 Å². The minimum Gasteiger partial charge on any atom is -0.480 e. The monoisotopic (exact) mass is 357 g/mol. The third-order valence-electron chi connectivity index (χ3n) is 4.43. The Balaban J connectivity index is 1.81. The summed E-state index contributed by atoms with van der Waals surface area (Å²) in [5, 5.41) is 9.16. The largest absolute Gasteiger partial charge is 0.480 e. The fraction of sp³-hybridized carbons (Fsp3) is 0.300. The molecule has 1 unspecified atom stereocenters. The van der Waals surface area contributed by atoms with Crippen LogP contribution in [0.3, 0.4) is 0 Å². The number of nitrogens with zero attached hydrogens (tertiary/aromatic N) is 1. The Hall–Kier alpha value is -2.73. The van der Waals surface area contributed by atoms with Crippen LogP contribution < -0.4 is 0 Å². The maximum atomic E-state index is 13.1. The first-order chi connectivity index (χ1) is 12.5. The van der Waals surface area contributed by atoms with Crippen LogP contribution in [0.5, 0.6) is 0 Å². The molecule has 1 atom stereocenters. The second kappa shape index (κ2) is 8.10. The van der Waals surface area contributed by atoms with Gasteiger partial charge in [0, 0.05) is 24.6 Å². The quantitative estimate of drug-likeness (QED) is 0.863. The van der Waals surface area contributed by atoms with Crippen LogP contribution in [0.4, 0.5) is 4.39 Å². The minimum absolute atomic E-state index is 0.0994. The van der Waals surface area contributed by atoms with Crippen molar-refractivity contribution in [1.82, 2.24) is 4.90 Å². The van der Waals surface area contributed by atoms with Gasteiger partial charge in [-0.15, -0.1) is 0 Å². The predicted molar refractivity (Wildman–Crippen MR) is 93.4 cm³/mol. The average molecular weight is 357 g/mol. The molecule has 1 aliphatic rings. The van der Waals surface area contributed by atoms with E-state index in [4.69, 9.17) is 9.84 Å². The summed E-state index contributed by atoms with van der Waals surface area (Å²) in [4.78, 5) is 25.3. The zero-order valence-corrected chi connectivity index (χ0v) is 14.2. The summed E-state index contributed by atoms with van der Waals surface area (Å²) in [6, 6.07) is 12.9. The van der Waals surface area contributed by atoms with Crippen molar-refractivity contribution in [1.29, 1.82) is 0 Å². The van der Waals surface area contributed by atoms with Crippen molar-refractivity contribution in [3.05, 3.63) is 71.0 Å². The number of rotatable bonds is 6. The molecule has 6 heteroatoms. The highest BCUT2D eigenvalue weighted by Gasteiger charge is 2.22. The third kappa shape index (κ3) is 4.46. The number of hydrogen-bond acceptors (Lipinski definition) is 3. The second-order valence-corrected chi connectivity index (χ2v) is 6.37. The van der Waals surface area contributed by atoms with Gasteiger partial charge in [0.15, 0.2) is 0 Å². The molecule has 0 bridgehead atoms. The second-order valence-electron chi connectivity index (χ2n) is 6.37. The zero-order chi connectivity index (χ0) is 18.5. The lowest BCUT2D eigenvalue weighted by atomic mass is 9.96. The van der Waals surface area contributed by atoms with Crippen LogP contribution in [0.1, 0.15) is 33.8 Å². The van der Waals surface area contributed by atoms with Crippen molar-refractivity contribution in [3.8, 4) is 0 Å². The zero-order valence-electron chi connectivity index (χ0n) is 14.2. The van der Waals surface area contributed by atoms with Gasteiger partial charge < -0.3 is 14.7 Å². The van der Waals surface area contributed by atoms with Crippen LogP contribution in [0.15, 0.2) is 48.5 Å². The predicted octanol–water partition coefficient (Wildman–Crippen LogP) is 3.06. The molecule has 136 valence electrons. The standard InChI is InChI=1S/C20H20FNO4/c21-18-6-4-14(5-7-18)11-22(12-19(23)24)20(25)16-3-1-2-15(10-16)17-8-9-26-13-17/h1-7,10,17H,8-9,11-13H2,(H,23,24). The maximum absolute atomic E-state index is 13.1. The average Bonchev–Trinajstić information content (AvgIpc) is 3.17. The molecule has 1 saturated heterocycles. The fourth-order valence-electron chi connectivity index (χ4n) is 3.08. The molecule has 3 rings (SSSR count). The first kappa shape index (κ1) is 18.1. The fourth-order valence-corrected chi connectivity index (χ4v) is 3.08. The normalized spacial score (nSPS) is 16.4. The number of carbonyl (C=O) groups is 2. The molecule has 0 aliphatic carbocycles. The molecule has 0 saturated carbocycles. The van der Waals surface area contributed by atoms with Crippen molar-refractivity contribution in [2.75, 3.05) is 19.8 Å². The number of carbonyl (C=O) groups excluding carboxylic acids is 1. The molecule has 1 fully saturated rings. The molecule has 2 aromatic carbocycles. The number of hydrogen-bond donors (Lipinski definition) is 1. The number of halogens is 1. The Morgan fingerprint density at radius 2 is 1.96 bits per heavy atom. The van der Waals surface area contributed by atoms with Gasteiger partial charge in [-0.05, 0) is 41.8 Å². The van der Waals surface area contributed by atoms with E-state index >= 15 is 0 Å². The number of carboxylic acid groups (broad SMARTS) is 1. The van der Waals surface area contributed by atoms with Crippen LogP contribution >= 0.6 is 0 Å². The van der Waals surface area contributed by atoms with E-state index in [1.165, 1.54) is 17.0 Å². The number of benzene rings is 2. The van der Waals surface area contributed by atoms with Crippen molar-refractivity contribution in [2.45, 2.75) is 18.9 Å². The summed E-state index contributed by atoms with van der Waals surface area (Å²) in [6.45, 7) is 1.01. The summed E-state index contributed by atoms with van der Waals surface area (Å²) in [5.41, 5.74) is 2.13. The van der Waals surface area contributed by atoms with Gasteiger partial charge in [-0.2, -0.15) is 0 Å². The van der Waals surface area contributed by atoms with Gasteiger partial charge in [-0.3, -0.25) is 9.59 Å². The van der Waals surface area contributed by atoms with Gasteiger partial charge in [-0.1, -0.05) is 24.3 Å². The van der Waals surface area contributed by atoms with Crippen molar-refractivity contribution < 1.29 is 23.8 Å². The maximum Gasteiger partial charge on any atom is 0.323 e. The van der Waals surface area contributed by atoms with Crippen molar-refractivity contribution in [3.63, 3.8) is 0 Å². The molecule has 5 nitrogen and oxygen atoms in total. The van der Waals surface area contributed by atoms with Gasteiger partial charge in [0.25, 0.3) is 5.91 Å². The summed E-state index contributed by atoms with van der Waals surface area (Å²) in [7, 11) is 0. The summed E-state index contributed by atoms with van der Waals surface area (Å²) in [6.07, 6.45) is 0.909. The van der Waals surface area contributed by atoms with Crippen LogP contribution in [0.2, 0.25) is 0 Å². The summed E-state index contributed by atoms with van der Waals surface area (Å²) >= 11 is 0. The smallest absolute Gasteiger partial charge is 0.323 e. The number of ether oxygens (including phenoxy) is 1. The van der Waals surface area contributed by atoms with E-state index in [1.54, 1.807) is 30.3 Å². The Bertz CT molecular complexity index is 785. The van der Waals surface area contributed by atoms with E-state index in [1.807, 2.05) is 6.07 Å². The van der Waals surface area contributed by atoms with E-state index in [0.29, 0.717) is 24.3 Å². The highest BCUT2D eigenvalue weighted by molar-refractivity contribution is 5.96. The van der Waals surface area contributed by atoms with Gasteiger partial charge in [0.1, 0.15) is 12.4 Å². The molecule has 1 aliphatic heterocycles. The lowest BCUT2D eigenvalue weighted by molar-refractivity contribution is -0.137. The van der Waals surface area contributed by atoms with Crippen LogP contribution in [0.25, 0.3) is 0 Å². The highest BCUT2D eigenvalue weighted by atomic mass is 19.1. The SMILES string of the molecule is O=C(O)CN(Cc1ccc(F)cc1)C(=O)c1cccc(C2CCOC2)c1. The minimum atomic E-state index is -1.10.